The van der Waals surface area contributed by atoms with Crippen LogP contribution in [0.15, 0.2) is 23.1 Å². The van der Waals surface area contributed by atoms with Gasteiger partial charge in [-0.3, -0.25) is 5.10 Å². The average molecular weight is 334 g/mol. The van der Waals surface area contributed by atoms with Crippen molar-refractivity contribution in [1.29, 1.82) is 0 Å². The Balaban J connectivity index is 1.89. The molecule has 0 aliphatic heterocycles. The number of H-pyrrole nitrogens is 1. The van der Waals surface area contributed by atoms with E-state index >= 15 is 0 Å². The van der Waals surface area contributed by atoms with Crippen LogP contribution in [0.3, 0.4) is 0 Å². The molecule has 1 heterocycles. The van der Waals surface area contributed by atoms with E-state index in [-0.39, 0.29) is 0 Å². The quantitative estimate of drug-likeness (QED) is 0.897. The predicted octanol–water partition coefficient (Wildman–Crippen LogP) is 2.21. The zero-order valence-corrected chi connectivity index (χ0v) is 14.5. The van der Waals surface area contributed by atoms with E-state index in [1.54, 1.807) is 32.9 Å². The number of fused-ring (bicyclic) bond motifs is 1. The van der Waals surface area contributed by atoms with Crippen LogP contribution in [0.2, 0.25) is 0 Å². The van der Waals surface area contributed by atoms with Gasteiger partial charge in [0.1, 0.15) is 5.82 Å². The van der Waals surface area contributed by atoms with E-state index < -0.39 is 15.6 Å². The molecule has 1 aliphatic rings. The van der Waals surface area contributed by atoms with Gasteiger partial charge in [0.15, 0.2) is 5.82 Å². The van der Waals surface area contributed by atoms with Gasteiger partial charge in [0.2, 0.25) is 10.0 Å². The maximum atomic E-state index is 12.7. The Morgan fingerprint density at radius 3 is 2.52 bits per heavy atom. The molecule has 0 amide bonds. The van der Waals surface area contributed by atoms with Crippen LogP contribution in [0.25, 0.3) is 0 Å². The SMILES string of the molecule is Cc1nc(C(C)(C)NS(=O)(=O)c2ccc3c(c2)CCCC3)n[nH]1. The topological polar surface area (TPSA) is 87.7 Å². The Bertz CT molecular complexity index is 824. The summed E-state index contributed by atoms with van der Waals surface area (Å²) in [6.45, 7) is 5.29. The summed E-state index contributed by atoms with van der Waals surface area (Å²) in [4.78, 5) is 4.54. The summed E-state index contributed by atoms with van der Waals surface area (Å²) in [6.07, 6.45) is 4.27. The number of aryl methyl sites for hydroxylation is 3. The van der Waals surface area contributed by atoms with Gasteiger partial charge in [0.05, 0.1) is 10.4 Å². The molecule has 124 valence electrons. The highest BCUT2D eigenvalue weighted by Gasteiger charge is 2.31. The molecule has 0 radical (unpaired) electrons. The van der Waals surface area contributed by atoms with Crippen molar-refractivity contribution in [2.75, 3.05) is 0 Å². The van der Waals surface area contributed by atoms with Gasteiger partial charge in [0, 0.05) is 0 Å². The molecule has 0 unspecified atom stereocenters. The minimum atomic E-state index is -3.63. The molecule has 23 heavy (non-hydrogen) atoms. The summed E-state index contributed by atoms with van der Waals surface area (Å²) in [5.74, 6) is 1.08. The maximum absolute atomic E-state index is 12.7. The molecule has 0 fully saturated rings. The first-order valence-corrected chi connectivity index (χ1v) is 9.31. The van der Waals surface area contributed by atoms with Crippen molar-refractivity contribution in [3.05, 3.63) is 41.0 Å². The van der Waals surface area contributed by atoms with Crippen LogP contribution in [0, 0.1) is 6.92 Å². The van der Waals surface area contributed by atoms with Gasteiger partial charge < -0.3 is 0 Å². The summed E-state index contributed by atoms with van der Waals surface area (Å²) in [6, 6.07) is 5.43. The predicted molar refractivity (Wildman–Crippen MR) is 87.6 cm³/mol. The van der Waals surface area contributed by atoms with Crippen LogP contribution < -0.4 is 4.72 Å². The molecule has 0 atom stereocenters. The second kappa shape index (κ2) is 5.72. The molecule has 1 aromatic carbocycles. The minimum Gasteiger partial charge on any atom is -0.263 e. The summed E-state index contributed by atoms with van der Waals surface area (Å²) >= 11 is 0. The van der Waals surface area contributed by atoms with Gasteiger partial charge in [-0.25, -0.2) is 13.4 Å². The second-order valence-corrected chi connectivity index (χ2v) is 8.29. The second-order valence-electron chi connectivity index (χ2n) is 6.61. The number of aromatic amines is 1. The van der Waals surface area contributed by atoms with Crippen LogP contribution in [0.5, 0.6) is 0 Å². The highest BCUT2D eigenvalue weighted by atomic mass is 32.2. The lowest BCUT2D eigenvalue weighted by molar-refractivity contribution is 0.447. The van der Waals surface area contributed by atoms with Crippen molar-refractivity contribution in [3.63, 3.8) is 0 Å². The smallest absolute Gasteiger partial charge is 0.241 e. The summed E-state index contributed by atoms with van der Waals surface area (Å²) in [7, 11) is -3.63. The lowest BCUT2D eigenvalue weighted by Gasteiger charge is -2.23. The number of rotatable bonds is 4. The van der Waals surface area contributed by atoms with Gasteiger partial charge in [0.25, 0.3) is 0 Å². The van der Waals surface area contributed by atoms with Gasteiger partial charge >= 0.3 is 0 Å². The summed E-state index contributed by atoms with van der Waals surface area (Å²) in [5.41, 5.74) is 1.52. The average Bonchev–Trinajstić information content (AvgIpc) is 2.93. The molecule has 7 heteroatoms. The summed E-state index contributed by atoms with van der Waals surface area (Å²) < 4.78 is 28.2. The first-order chi connectivity index (χ1) is 10.8. The number of nitrogens with zero attached hydrogens (tertiary/aromatic N) is 2. The van der Waals surface area contributed by atoms with Gasteiger partial charge in [-0.2, -0.15) is 9.82 Å². The van der Waals surface area contributed by atoms with Gasteiger partial charge in [-0.1, -0.05) is 6.07 Å². The van der Waals surface area contributed by atoms with E-state index in [4.69, 9.17) is 0 Å². The normalized spacial score (nSPS) is 15.4. The van der Waals surface area contributed by atoms with E-state index in [9.17, 15) is 8.42 Å². The molecular formula is C16H22N4O2S. The largest absolute Gasteiger partial charge is 0.263 e. The Morgan fingerprint density at radius 1 is 1.17 bits per heavy atom. The third-order valence-electron chi connectivity index (χ3n) is 4.18. The number of nitrogens with one attached hydrogen (secondary N) is 2. The molecule has 0 bridgehead atoms. The number of hydrogen-bond donors (Lipinski definition) is 2. The highest BCUT2D eigenvalue weighted by molar-refractivity contribution is 7.89. The van der Waals surface area contributed by atoms with Crippen LogP contribution in [0.1, 0.15) is 49.5 Å². The fourth-order valence-corrected chi connectivity index (χ4v) is 4.37. The Kier molecular flexibility index (Phi) is 4.01. The third kappa shape index (κ3) is 3.30. The molecule has 0 spiro atoms. The third-order valence-corrected chi connectivity index (χ3v) is 5.83. The first kappa shape index (κ1) is 16.1. The van der Waals surface area contributed by atoms with E-state index in [2.05, 4.69) is 19.9 Å². The number of benzene rings is 1. The van der Waals surface area contributed by atoms with E-state index in [1.807, 2.05) is 6.07 Å². The first-order valence-electron chi connectivity index (χ1n) is 7.83. The van der Waals surface area contributed by atoms with Crippen molar-refractivity contribution in [2.45, 2.75) is 56.9 Å². The van der Waals surface area contributed by atoms with Crippen molar-refractivity contribution in [1.82, 2.24) is 19.9 Å². The standard InChI is InChI=1S/C16H22N4O2S/c1-11-17-15(19-18-11)16(2,3)20-23(21,22)14-9-8-12-6-4-5-7-13(12)10-14/h8-10,20H,4-7H2,1-3H3,(H,17,18,19). The van der Waals surface area contributed by atoms with Crippen LogP contribution >= 0.6 is 0 Å². The van der Waals surface area contributed by atoms with Crippen molar-refractivity contribution in [3.8, 4) is 0 Å². The molecule has 6 nitrogen and oxygen atoms in total. The monoisotopic (exact) mass is 334 g/mol. The van der Waals surface area contributed by atoms with Crippen molar-refractivity contribution in [2.24, 2.45) is 0 Å². The van der Waals surface area contributed by atoms with Crippen LogP contribution in [0.4, 0.5) is 0 Å². The van der Waals surface area contributed by atoms with Crippen molar-refractivity contribution >= 4 is 10.0 Å². The molecule has 3 rings (SSSR count). The van der Waals surface area contributed by atoms with E-state index in [0.29, 0.717) is 16.5 Å². The molecule has 2 N–H and O–H groups in total. The van der Waals surface area contributed by atoms with E-state index in [0.717, 1.165) is 24.8 Å². The fraction of sp³-hybridized carbons (Fsp3) is 0.500. The van der Waals surface area contributed by atoms with Gasteiger partial charge in [-0.15, -0.1) is 0 Å². The lowest BCUT2D eigenvalue weighted by atomic mass is 9.92. The summed E-state index contributed by atoms with van der Waals surface area (Å²) in [5, 5.41) is 6.82. The molecule has 0 saturated carbocycles. The molecule has 1 aromatic heterocycles. The Morgan fingerprint density at radius 2 is 1.87 bits per heavy atom. The molecule has 0 saturated heterocycles. The van der Waals surface area contributed by atoms with E-state index in [1.165, 1.54) is 12.0 Å². The maximum Gasteiger partial charge on any atom is 0.241 e. The molecular weight excluding hydrogens is 312 g/mol. The highest BCUT2D eigenvalue weighted by Crippen LogP contribution is 2.26. The van der Waals surface area contributed by atoms with Gasteiger partial charge in [-0.05, 0) is 69.7 Å². The van der Waals surface area contributed by atoms with Crippen LogP contribution in [-0.2, 0) is 28.4 Å². The van der Waals surface area contributed by atoms with Crippen LogP contribution in [-0.4, -0.2) is 23.6 Å². The zero-order chi connectivity index (χ0) is 16.7. The Hall–Kier alpha value is -1.73. The molecule has 1 aliphatic carbocycles. The number of aromatic nitrogens is 3. The lowest BCUT2D eigenvalue weighted by Crippen LogP contribution is -2.41. The zero-order valence-electron chi connectivity index (χ0n) is 13.7. The minimum absolute atomic E-state index is 0.304. The fourth-order valence-electron chi connectivity index (χ4n) is 2.94. The van der Waals surface area contributed by atoms with Crippen molar-refractivity contribution < 1.29 is 8.42 Å². The Labute approximate surface area is 136 Å². The molecule has 2 aromatic rings. The number of hydrogen-bond acceptors (Lipinski definition) is 4. The number of sulfonamides is 1.